The summed E-state index contributed by atoms with van der Waals surface area (Å²) in [7, 11) is 1.60. The third-order valence-corrected chi connectivity index (χ3v) is 2.70. The Balaban J connectivity index is 2.00. The molecule has 1 aromatic carbocycles. The first-order valence-corrected chi connectivity index (χ1v) is 6.57. The van der Waals surface area contributed by atoms with Crippen molar-refractivity contribution in [2.75, 3.05) is 25.6 Å². The van der Waals surface area contributed by atoms with E-state index in [1.165, 1.54) is 12.4 Å². The Morgan fingerprint density at radius 1 is 1.29 bits per heavy atom. The summed E-state index contributed by atoms with van der Waals surface area (Å²) in [5.41, 5.74) is 0.789. The smallest absolute Gasteiger partial charge is 0.275 e. The molecule has 1 N–H and O–H groups in total. The zero-order valence-electron chi connectivity index (χ0n) is 11.4. The first-order valence-electron chi connectivity index (χ1n) is 6.20. The minimum atomic E-state index is -0.367. The lowest BCUT2D eigenvalue weighted by Crippen LogP contribution is -2.14. The molecule has 1 heterocycles. The number of halogens is 1. The Bertz CT molecular complexity index is 605. The number of benzene rings is 1. The van der Waals surface area contributed by atoms with Gasteiger partial charge in [-0.2, -0.15) is 0 Å². The number of nitrogens with one attached hydrogen (secondary N) is 1. The molecule has 0 saturated heterocycles. The highest BCUT2D eigenvalue weighted by molar-refractivity contribution is 6.29. The molecule has 0 aliphatic rings. The highest BCUT2D eigenvalue weighted by Crippen LogP contribution is 2.17. The van der Waals surface area contributed by atoms with Crippen molar-refractivity contribution in [3.8, 4) is 5.75 Å². The van der Waals surface area contributed by atoms with Crippen molar-refractivity contribution in [2.24, 2.45) is 0 Å². The number of aromatic nitrogens is 2. The monoisotopic (exact) mass is 307 g/mol. The molecule has 0 fully saturated rings. The van der Waals surface area contributed by atoms with Gasteiger partial charge in [0.15, 0.2) is 0 Å². The van der Waals surface area contributed by atoms with Crippen LogP contribution in [0.1, 0.15) is 10.5 Å². The quantitative estimate of drug-likeness (QED) is 0.830. The number of carbonyl (C=O) groups is 1. The Kier molecular flexibility index (Phi) is 5.48. The topological polar surface area (TPSA) is 73.3 Å². The second kappa shape index (κ2) is 7.56. The minimum absolute atomic E-state index is 0.185. The van der Waals surface area contributed by atoms with Crippen molar-refractivity contribution in [3.63, 3.8) is 0 Å². The number of carbonyl (C=O) groups excluding carboxylic acids is 1. The number of nitrogens with zero attached hydrogens (tertiary/aromatic N) is 2. The van der Waals surface area contributed by atoms with E-state index in [9.17, 15) is 4.79 Å². The van der Waals surface area contributed by atoms with Crippen molar-refractivity contribution < 1.29 is 14.3 Å². The lowest BCUT2D eigenvalue weighted by molar-refractivity contribution is 0.102. The maximum Gasteiger partial charge on any atom is 0.275 e. The van der Waals surface area contributed by atoms with Gasteiger partial charge in [-0.05, 0) is 12.1 Å². The molecule has 0 atom stereocenters. The van der Waals surface area contributed by atoms with Gasteiger partial charge in [0.25, 0.3) is 5.91 Å². The second-order valence-electron chi connectivity index (χ2n) is 4.05. The number of methoxy groups -OCH3 is 1. The molecule has 0 saturated carbocycles. The molecule has 0 unspecified atom stereocenters. The lowest BCUT2D eigenvalue weighted by atomic mass is 10.3. The molecule has 6 nitrogen and oxygen atoms in total. The fourth-order valence-corrected chi connectivity index (χ4v) is 1.63. The zero-order valence-corrected chi connectivity index (χ0v) is 12.1. The number of ether oxygens (including phenoxy) is 2. The first kappa shape index (κ1) is 15.2. The van der Waals surface area contributed by atoms with Gasteiger partial charge in [0, 0.05) is 18.9 Å². The molecule has 0 radical (unpaired) electrons. The number of hydrogen-bond donors (Lipinski definition) is 1. The van der Waals surface area contributed by atoms with Crippen LogP contribution in [0.3, 0.4) is 0 Å². The fourth-order valence-electron chi connectivity index (χ4n) is 1.53. The molecule has 0 aliphatic carbocycles. The van der Waals surface area contributed by atoms with Crippen LogP contribution in [0, 0.1) is 0 Å². The third kappa shape index (κ3) is 4.70. The van der Waals surface area contributed by atoms with Crippen LogP contribution in [0.25, 0.3) is 0 Å². The standard InChI is InChI=1S/C14H14ClN3O3/c1-20-5-6-21-11-4-2-3-10(7-11)18-14(19)12-8-17-13(15)9-16-12/h2-4,7-9H,5-6H2,1H3,(H,18,19). The van der Waals surface area contributed by atoms with E-state index in [1.807, 2.05) is 0 Å². The highest BCUT2D eigenvalue weighted by atomic mass is 35.5. The van der Waals surface area contributed by atoms with Crippen molar-refractivity contribution in [1.82, 2.24) is 9.97 Å². The third-order valence-electron chi connectivity index (χ3n) is 2.50. The minimum Gasteiger partial charge on any atom is -0.491 e. The summed E-state index contributed by atoms with van der Waals surface area (Å²) in [6.07, 6.45) is 2.64. The number of anilines is 1. The summed E-state index contributed by atoms with van der Waals surface area (Å²) in [6.45, 7) is 0.938. The van der Waals surface area contributed by atoms with Crippen molar-refractivity contribution >= 4 is 23.2 Å². The van der Waals surface area contributed by atoms with E-state index in [0.29, 0.717) is 24.7 Å². The van der Waals surface area contributed by atoms with Gasteiger partial charge in [-0.25, -0.2) is 9.97 Å². The molecule has 110 valence electrons. The highest BCUT2D eigenvalue weighted by Gasteiger charge is 2.08. The Labute approximate surface area is 127 Å². The molecule has 2 rings (SSSR count). The largest absolute Gasteiger partial charge is 0.491 e. The second-order valence-corrected chi connectivity index (χ2v) is 4.43. The van der Waals surface area contributed by atoms with Gasteiger partial charge < -0.3 is 14.8 Å². The summed E-state index contributed by atoms with van der Waals surface area (Å²) in [5.74, 6) is 0.278. The van der Waals surface area contributed by atoms with E-state index in [-0.39, 0.29) is 16.8 Å². The SMILES string of the molecule is COCCOc1cccc(NC(=O)c2cnc(Cl)cn2)c1. The first-order chi connectivity index (χ1) is 10.2. The van der Waals surface area contributed by atoms with Crippen molar-refractivity contribution in [2.45, 2.75) is 0 Å². The number of amides is 1. The molecule has 21 heavy (non-hydrogen) atoms. The molecule has 0 spiro atoms. The summed E-state index contributed by atoms with van der Waals surface area (Å²) in [5, 5.41) is 2.95. The predicted molar refractivity (Wildman–Crippen MR) is 78.8 cm³/mol. The maximum atomic E-state index is 12.0. The van der Waals surface area contributed by atoms with Crippen LogP contribution in [0.2, 0.25) is 5.15 Å². The predicted octanol–water partition coefficient (Wildman–Crippen LogP) is 2.41. The summed E-state index contributed by atoms with van der Waals surface area (Å²) >= 11 is 5.63. The van der Waals surface area contributed by atoms with E-state index < -0.39 is 0 Å². The molecule has 1 amide bonds. The van der Waals surface area contributed by atoms with Crippen LogP contribution in [-0.2, 0) is 4.74 Å². The van der Waals surface area contributed by atoms with Crippen LogP contribution >= 0.6 is 11.6 Å². The average Bonchev–Trinajstić information content (AvgIpc) is 2.48. The van der Waals surface area contributed by atoms with Gasteiger partial charge in [-0.1, -0.05) is 17.7 Å². The van der Waals surface area contributed by atoms with Crippen LogP contribution in [0.5, 0.6) is 5.75 Å². The number of rotatable bonds is 6. The zero-order chi connectivity index (χ0) is 15.1. The summed E-state index contributed by atoms with van der Waals surface area (Å²) in [4.78, 5) is 19.7. The maximum absolute atomic E-state index is 12.0. The van der Waals surface area contributed by atoms with Crippen LogP contribution in [-0.4, -0.2) is 36.2 Å². The van der Waals surface area contributed by atoms with Crippen molar-refractivity contribution in [3.05, 3.63) is 47.5 Å². The molecule has 7 heteroatoms. The molecular weight excluding hydrogens is 294 g/mol. The molecule has 0 bridgehead atoms. The van der Waals surface area contributed by atoms with Gasteiger partial charge in [-0.3, -0.25) is 4.79 Å². The molecule has 0 aliphatic heterocycles. The van der Waals surface area contributed by atoms with E-state index in [2.05, 4.69) is 15.3 Å². The Morgan fingerprint density at radius 3 is 2.86 bits per heavy atom. The molecule has 2 aromatic rings. The van der Waals surface area contributed by atoms with E-state index >= 15 is 0 Å². The molecule has 1 aromatic heterocycles. The van der Waals surface area contributed by atoms with Gasteiger partial charge in [0.1, 0.15) is 23.2 Å². The van der Waals surface area contributed by atoms with Gasteiger partial charge in [0.2, 0.25) is 0 Å². The number of hydrogen-bond acceptors (Lipinski definition) is 5. The van der Waals surface area contributed by atoms with E-state index in [1.54, 1.807) is 31.4 Å². The molecular formula is C14H14ClN3O3. The van der Waals surface area contributed by atoms with Gasteiger partial charge in [0.05, 0.1) is 19.0 Å². The van der Waals surface area contributed by atoms with E-state index in [4.69, 9.17) is 21.1 Å². The van der Waals surface area contributed by atoms with Crippen LogP contribution < -0.4 is 10.1 Å². The van der Waals surface area contributed by atoms with Crippen LogP contribution in [0.4, 0.5) is 5.69 Å². The Hall–Kier alpha value is -2.18. The fraction of sp³-hybridized carbons (Fsp3) is 0.214. The summed E-state index contributed by atoms with van der Waals surface area (Å²) in [6, 6.07) is 7.06. The lowest BCUT2D eigenvalue weighted by Gasteiger charge is -2.08. The van der Waals surface area contributed by atoms with Gasteiger partial charge in [-0.15, -0.1) is 0 Å². The van der Waals surface area contributed by atoms with Crippen molar-refractivity contribution in [1.29, 1.82) is 0 Å². The summed E-state index contributed by atoms with van der Waals surface area (Å²) < 4.78 is 10.4. The van der Waals surface area contributed by atoms with E-state index in [0.717, 1.165) is 0 Å². The average molecular weight is 308 g/mol. The Morgan fingerprint density at radius 2 is 2.14 bits per heavy atom. The van der Waals surface area contributed by atoms with Crippen LogP contribution in [0.15, 0.2) is 36.7 Å². The van der Waals surface area contributed by atoms with Gasteiger partial charge >= 0.3 is 0 Å². The normalized spacial score (nSPS) is 10.2.